The highest BCUT2D eigenvalue weighted by Crippen LogP contribution is 2.29. The summed E-state index contributed by atoms with van der Waals surface area (Å²) in [6, 6.07) is 11.5. The van der Waals surface area contributed by atoms with Crippen LogP contribution in [0.4, 0.5) is 11.4 Å². The van der Waals surface area contributed by atoms with Gasteiger partial charge in [0.05, 0.1) is 23.4 Å². The van der Waals surface area contributed by atoms with Crippen LogP contribution in [-0.4, -0.2) is 24.9 Å². The van der Waals surface area contributed by atoms with Crippen molar-refractivity contribution in [2.75, 3.05) is 17.7 Å². The van der Waals surface area contributed by atoms with Crippen molar-refractivity contribution in [2.24, 2.45) is 0 Å². The molecule has 0 aromatic heterocycles. The van der Waals surface area contributed by atoms with Gasteiger partial charge in [0.1, 0.15) is 0 Å². The number of methoxy groups -OCH3 is 1. The lowest BCUT2D eigenvalue weighted by atomic mass is 9.86. The molecule has 0 bridgehead atoms. The predicted molar refractivity (Wildman–Crippen MR) is 105 cm³/mol. The number of hydrogen-bond acceptors (Lipinski definition) is 4. The van der Waals surface area contributed by atoms with Gasteiger partial charge in [-0.2, -0.15) is 0 Å². The van der Waals surface area contributed by atoms with Crippen LogP contribution < -0.4 is 10.6 Å². The summed E-state index contributed by atoms with van der Waals surface area (Å²) in [4.78, 5) is 36.2. The van der Waals surface area contributed by atoms with Crippen molar-refractivity contribution < 1.29 is 19.1 Å². The second-order valence-electron chi connectivity index (χ2n) is 6.89. The van der Waals surface area contributed by atoms with Crippen LogP contribution >= 0.6 is 11.6 Å². The zero-order valence-corrected chi connectivity index (χ0v) is 16.3. The maximum atomic E-state index is 12.3. The number of carbonyl (C=O) groups excluding carboxylic acids is 3. The fourth-order valence-corrected chi connectivity index (χ4v) is 2.63. The minimum Gasteiger partial charge on any atom is -0.465 e. The number of rotatable bonds is 3. The smallest absolute Gasteiger partial charge is 0.337 e. The SMILES string of the molecule is COC(=O)c1ccc(Cl)c(NC(=O)C(=O)Nc2ccccc2C(C)(C)C)c1. The molecule has 0 fully saturated rings. The standard InChI is InChI=1S/C20H21ClN2O4/c1-20(2,3)13-7-5-6-8-15(13)22-17(24)18(25)23-16-11-12(19(26)27-4)9-10-14(16)21/h5-11H,1-4H3,(H,22,24)(H,23,25). The Hall–Kier alpha value is -2.86. The van der Waals surface area contributed by atoms with Crippen LogP contribution in [0.25, 0.3) is 0 Å². The van der Waals surface area contributed by atoms with Gasteiger partial charge in [-0.1, -0.05) is 50.6 Å². The molecule has 0 radical (unpaired) electrons. The number of benzene rings is 2. The second kappa shape index (κ2) is 8.22. The van der Waals surface area contributed by atoms with E-state index in [1.165, 1.54) is 25.3 Å². The topological polar surface area (TPSA) is 84.5 Å². The van der Waals surface area contributed by atoms with E-state index >= 15 is 0 Å². The van der Waals surface area contributed by atoms with Crippen LogP contribution in [0, 0.1) is 0 Å². The number of anilines is 2. The summed E-state index contributed by atoms with van der Waals surface area (Å²) in [5.41, 5.74) is 1.59. The molecule has 0 saturated heterocycles. The maximum Gasteiger partial charge on any atom is 0.337 e. The summed E-state index contributed by atoms with van der Waals surface area (Å²) < 4.78 is 4.63. The Morgan fingerprint density at radius 3 is 2.11 bits per heavy atom. The fourth-order valence-electron chi connectivity index (χ4n) is 2.47. The van der Waals surface area contributed by atoms with Crippen LogP contribution in [-0.2, 0) is 19.7 Å². The number of halogens is 1. The van der Waals surface area contributed by atoms with Gasteiger partial charge in [-0.15, -0.1) is 0 Å². The van der Waals surface area contributed by atoms with Gasteiger partial charge in [0.15, 0.2) is 0 Å². The number of para-hydroxylation sites is 1. The van der Waals surface area contributed by atoms with Crippen molar-refractivity contribution in [3.63, 3.8) is 0 Å². The van der Waals surface area contributed by atoms with Crippen LogP contribution in [0.2, 0.25) is 5.02 Å². The Morgan fingerprint density at radius 1 is 0.926 bits per heavy atom. The van der Waals surface area contributed by atoms with Gasteiger partial charge in [0.25, 0.3) is 0 Å². The summed E-state index contributed by atoms with van der Waals surface area (Å²) in [5.74, 6) is -2.32. The van der Waals surface area contributed by atoms with Crippen LogP contribution in [0.1, 0.15) is 36.7 Å². The third-order valence-corrected chi connectivity index (χ3v) is 4.15. The first-order valence-corrected chi connectivity index (χ1v) is 8.61. The lowest BCUT2D eigenvalue weighted by molar-refractivity contribution is -0.133. The lowest BCUT2D eigenvalue weighted by Crippen LogP contribution is -2.30. The average molecular weight is 389 g/mol. The molecule has 0 atom stereocenters. The molecule has 0 unspecified atom stereocenters. The molecule has 7 heteroatoms. The molecule has 0 heterocycles. The summed E-state index contributed by atoms with van der Waals surface area (Å²) in [5, 5.41) is 5.23. The number of hydrogen-bond donors (Lipinski definition) is 2. The van der Waals surface area contributed by atoms with Crippen molar-refractivity contribution in [1.82, 2.24) is 0 Å². The number of carbonyl (C=O) groups is 3. The van der Waals surface area contributed by atoms with Crippen LogP contribution in [0.3, 0.4) is 0 Å². The van der Waals surface area contributed by atoms with E-state index in [1.54, 1.807) is 12.1 Å². The Kier molecular flexibility index (Phi) is 6.23. The zero-order valence-electron chi connectivity index (χ0n) is 15.6. The van der Waals surface area contributed by atoms with E-state index in [1.807, 2.05) is 32.9 Å². The van der Waals surface area contributed by atoms with E-state index in [4.69, 9.17) is 11.6 Å². The largest absolute Gasteiger partial charge is 0.465 e. The van der Waals surface area contributed by atoms with Crippen molar-refractivity contribution in [3.8, 4) is 0 Å². The van der Waals surface area contributed by atoms with Gasteiger partial charge in [-0.25, -0.2) is 4.79 Å². The van der Waals surface area contributed by atoms with E-state index < -0.39 is 17.8 Å². The minimum atomic E-state index is -0.900. The average Bonchev–Trinajstić information content (AvgIpc) is 2.62. The first-order valence-electron chi connectivity index (χ1n) is 8.23. The summed E-state index contributed by atoms with van der Waals surface area (Å²) in [6.45, 7) is 6.03. The van der Waals surface area contributed by atoms with Crippen molar-refractivity contribution in [2.45, 2.75) is 26.2 Å². The summed E-state index contributed by atoms with van der Waals surface area (Å²) in [6.07, 6.45) is 0. The minimum absolute atomic E-state index is 0.142. The molecule has 0 spiro atoms. The van der Waals surface area contributed by atoms with Crippen LogP contribution in [0.15, 0.2) is 42.5 Å². The van der Waals surface area contributed by atoms with Crippen molar-refractivity contribution in [1.29, 1.82) is 0 Å². The number of esters is 1. The van der Waals surface area contributed by atoms with Gasteiger partial charge in [-0.05, 0) is 35.2 Å². The van der Waals surface area contributed by atoms with E-state index in [9.17, 15) is 14.4 Å². The highest BCUT2D eigenvalue weighted by atomic mass is 35.5. The molecule has 27 heavy (non-hydrogen) atoms. The molecule has 2 N–H and O–H groups in total. The maximum absolute atomic E-state index is 12.3. The Bertz CT molecular complexity index is 888. The third-order valence-electron chi connectivity index (χ3n) is 3.83. The zero-order chi connectivity index (χ0) is 20.2. The lowest BCUT2D eigenvalue weighted by Gasteiger charge is -2.22. The van der Waals surface area contributed by atoms with Gasteiger partial charge >= 0.3 is 17.8 Å². The fraction of sp³-hybridized carbons (Fsp3) is 0.250. The summed E-state index contributed by atoms with van der Waals surface area (Å²) >= 11 is 6.04. The number of amides is 2. The Morgan fingerprint density at radius 2 is 1.52 bits per heavy atom. The molecule has 0 aliphatic carbocycles. The van der Waals surface area contributed by atoms with Gasteiger partial charge < -0.3 is 15.4 Å². The van der Waals surface area contributed by atoms with E-state index in [-0.39, 0.29) is 21.7 Å². The van der Waals surface area contributed by atoms with Crippen molar-refractivity contribution >= 4 is 40.8 Å². The van der Waals surface area contributed by atoms with E-state index in [0.717, 1.165) is 5.56 Å². The van der Waals surface area contributed by atoms with Gasteiger partial charge in [-0.3, -0.25) is 9.59 Å². The summed E-state index contributed by atoms with van der Waals surface area (Å²) in [7, 11) is 1.25. The molecular formula is C20H21ClN2O4. The monoisotopic (exact) mass is 388 g/mol. The van der Waals surface area contributed by atoms with E-state index in [0.29, 0.717) is 5.69 Å². The normalized spacial score (nSPS) is 10.9. The molecule has 6 nitrogen and oxygen atoms in total. The Labute approximate surface area is 162 Å². The molecule has 142 valence electrons. The molecule has 2 rings (SSSR count). The molecule has 2 amide bonds. The van der Waals surface area contributed by atoms with Crippen molar-refractivity contribution in [3.05, 3.63) is 58.6 Å². The molecule has 0 aliphatic rings. The highest BCUT2D eigenvalue weighted by molar-refractivity contribution is 6.45. The first kappa shape index (κ1) is 20.5. The highest BCUT2D eigenvalue weighted by Gasteiger charge is 2.22. The molecule has 0 aliphatic heterocycles. The molecular weight excluding hydrogens is 368 g/mol. The first-order chi connectivity index (χ1) is 12.6. The number of ether oxygens (including phenoxy) is 1. The predicted octanol–water partition coefficient (Wildman–Crippen LogP) is 4.00. The Balaban J connectivity index is 2.18. The molecule has 0 saturated carbocycles. The quantitative estimate of drug-likeness (QED) is 0.614. The molecule has 2 aromatic carbocycles. The van der Waals surface area contributed by atoms with Gasteiger partial charge in [0, 0.05) is 5.69 Å². The van der Waals surface area contributed by atoms with E-state index in [2.05, 4.69) is 15.4 Å². The molecule has 2 aromatic rings. The number of nitrogens with one attached hydrogen (secondary N) is 2. The third kappa shape index (κ3) is 5.08. The second-order valence-corrected chi connectivity index (χ2v) is 7.30. The van der Waals surface area contributed by atoms with Gasteiger partial charge in [0.2, 0.25) is 0 Å². The van der Waals surface area contributed by atoms with Crippen LogP contribution in [0.5, 0.6) is 0 Å².